The maximum Gasteiger partial charge on any atom is 0.338 e. The molecule has 1 aliphatic rings. The van der Waals surface area contributed by atoms with Gasteiger partial charge in [0, 0.05) is 23.7 Å². The molecule has 0 aliphatic carbocycles. The molecule has 11 heteroatoms. The summed E-state index contributed by atoms with van der Waals surface area (Å²) < 4.78 is 43.9. The molecule has 0 spiro atoms. The van der Waals surface area contributed by atoms with E-state index in [2.05, 4.69) is 10.2 Å². The Morgan fingerprint density at radius 3 is 2.52 bits per heavy atom. The van der Waals surface area contributed by atoms with Gasteiger partial charge in [-0.15, -0.1) is 10.2 Å². The number of benzene rings is 2. The molecule has 2 atom stereocenters. The van der Waals surface area contributed by atoms with E-state index in [9.17, 15) is 13.2 Å². The minimum Gasteiger partial charge on any atom is -0.452 e. The number of ether oxygens (including phenoxy) is 2. The second kappa shape index (κ2) is 9.60. The molecule has 9 nitrogen and oxygen atoms in total. The number of rotatable bonds is 6. The summed E-state index contributed by atoms with van der Waals surface area (Å²) in [5.74, 6) is -0.338. The van der Waals surface area contributed by atoms with Gasteiger partial charge in [0.25, 0.3) is 5.89 Å². The molecule has 1 fully saturated rings. The van der Waals surface area contributed by atoms with Crippen molar-refractivity contribution in [3.8, 4) is 11.5 Å². The molecule has 0 radical (unpaired) electrons. The van der Waals surface area contributed by atoms with E-state index < -0.39 is 16.0 Å². The fraction of sp³-hybridized carbons (Fsp3) is 0.318. The summed E-state index contributed by atoms with van der Waals surface area (Å²) in [6.07, 6.45) is -0.437. The van der Waals surface area contributed by atoms with Crippen LogP contribution in [0.1, 0.15) is 30.1 Å². The van der Waals surface area contributed by atoms with Crippen molar-refractivity contribution >= 4 is 27.6 Å². The van der Waals surface area contributed by atoms with Crippen molar-refractivity contribution in [1.82, 2.24) is 14.5 Å². The van der Waals surface area contributed by atoms with Crippen LogP contribution in [-0.2, 0) is 26.1 Å². The molecule has 3 aromatic rings. The van der Waals surface area contributed by atoms with E-state index in [-0.39, 0.29) is 54.1 Å². The molecule has 0 N–H and O–H groups in total. The van der Waals surface area contributed by atoms with Gasteiger partial charge in [0.15, 0.2) is 6.61 Å². The zero-order valence-electron chi connectivity index (χ0n) is 18.0. The molecular formula is C22H22ClN3O6S. The number of halogens is 1. The highest BCUT2D eigenvalue weighted by Crippen LogP contribution is 2.23. The van der Waals surface area contributed by atoms with Crippen LogP contribution in [0.25, 0.3) is 11.5 Å². The third-order valence-electron chi connectivity index (χ3n) is 4.98. The molecule has 1 aromatic heterocycles. The number of hydrogen-bond donors (Lipinski definition) is 0. The second-order valence-corrected chi connectivity index (χ2v) is 10.1. The minimum absolute atomic E-state index is 0.0149. The number of hydrogen-bond acceptors (Lipinski definition) is 8. The summed E-state index contributed by atoms with van der Waals surface area (Å²) in [4.78, 5) is 12.6. The fourth-order valence-corrected chi connectivity index (χ4v) is 5.25. The summed E-state index contributed by atoms with van der Waals surface area (Å²) in [6.45, 7) is 3.88. The Labute approximate surface area is 196 Å². The third kappa shape index (κ3) is 5.41. The summed E-state index contributed by atoms with van der Waals surface area (Å²) in [5, 5.41) is 8.38. The Morgan fingerprint density at radius 1 is 1.12 bits per heavy atom. The molecule has 1 aliphatic heterocycles. The van der Waals surface area contributed by atoms with Gasteiger partial charge < -0.3 is 13.9 Å². The zero-order valence-corrected chi connectivity index (χ0v) is 19.5. The Bertz CT molecular complexity index is 1240. The van der Waals surface area contributed by atoms with Crippen LogP contribution in [0.5, 0.6) is 0 Å². The first-order valence-corrected chi connectivity index (χ1v) is 12.1. The lowest BCUT2D eigenvalue weighted by molar-refractivity contribution is -0.0440. The largest absolute Gasteiger partial charge is 0.452 e. The number of aromatic nitrogens is 2. The summed E-state index contributed by atoms with van der Waals surface area (Å²) in [5.41, 5.74) is 0.775. The normalized spacial score (nSPS) is 19.4. The van der Waals surface area contributed by atoms with Gasteiger partial charge in [0.05, 0.1) is 22.7 Å². The molecule has 0 bridgehead atoms. The van der Waals surface area contributed by atoms with Crippen molar-refractivity contribution in [3.05, 3.63) is 65.0 Å². The van der Waals surface area contributed by atoms with E-state index in [1.807, 2.05) is 13.8 Å². The molecule has 174 valence electrons. The van der Waals surface area contributed by atoms with E-state index in [1.165, 1.54) is 28.6 Å². The average molecular weight is 492 g/mol. The van der Waals surface area contributed by atoms with Crippen molar-refractivity contribution in [1.29, 1.82) is 0 Å². The SMILES string of the molecule is CC1CN(S(=O)(=O)c2cccc(C(=O)OCc3nnc(-c4ccc(Cl)cc4)o3)c2)CC(C)O1. The van der Waals surface area contributed by atoms with Crippen molar-refractivity contribution in [2.24, 2.45) is 0 Å². The monoisotopic (exact) mass is 491 g/mol. The first kappa shape index (κ1) is 23.4. The maximum absolute atomic E-state index is 13.1. The van der Waals surface area contributed by atoms with Gasteiger partial charge in [-0.2, -0.15) is 4.31 Å². The van der Waals surface area contributed by atoms with Gasteiger partial charge in [-0.1, -0.05) is 17.7 Å². The van der Waals surface area contributed by atoms with Crippen molar-refractivity contribution in [2.45, 2.75) is 37.6 Å². The summed E-state index contributed by atoms with van der Waals surface area (Å²) in [6, 6.07) is 12.6. The number of esters is 1. The lowest BCUT2D eigenvalue weighted by atomic mass is 10.2. The predicted molar refractivity (Wildman–Crippen MR) is 119 cm³/mol. The Hall–Kier alpha value is -2.79. The van der Waals surface area contributed by atoms with E-state index in [4.69, 9.17) is 25.5 Å². The van der Waals surface area contributed by atoms with Gasteiger partial charge in [0.1, 0.15) is 0 Å². The molecule has 2 heterocycles. The number of carbonyl (C=O) groups is 1. The first-order chi connectivity index (χ1) is 15.7. The van der Waals surface area contributed by atoms with Crippen molar-refractivity contribution in [3.63, 3.8) is 0 Å². The molecular weight excluding hydrogens is 470 g/mol. The highest BCUT2D eigenvalue weighted by atomic mass is 35.5. The van der Waals surface area contributed by atoms with Gasteiger partial charge in [-0.3, -0.25) is 0 Å². The maximum atomic E-state index is 13.1. The third-order valence-corrected chi connectivity index (χ3v) is 7.06. The number of carbonyl (C=O) groups excluding carboxylic acids is 1. The van der Waals surface area contributed by atoms with Crippen LogP contribution in [0, 0.1) is 0 Å². The Balaban J connectivity index is 1.43. The van der Waals surface area contributed by atoms with Crippen LogP contribution in [0.15, 0.2) is 57.8 Å². The van der Waals surface area contributed by atoms with Crippen LogP contribution < -0.4 is 0 Å². The van der Waals surface area contributed by atoms with Gasteiger partial charge in [-0.25, -0.2) is 13.2 Å². The van der Waals surface area contributed by atoms with Crippen LogP contribution in [0.4, 0.5) is 0 Å². The quantitative estimate of drug-likeness (QED) is 0.481. The predicted octanol–water partition coefficient (Wildman–Crippen LogP) is 3.54. The van der Waals surface area contributed by atoms with Gasteiger partial charge >= 0.3 is 5.97 Å². The van der Waals surface area contributed by atoms with Gasteiger partial charge in [0.2, 0.25) is 15.9 Å². The van der Waals surface area contributed by atoms with Crippen LogP contribution in [0.2, 0.25) is 5.02 Å². The number of morpholine rings is 1. The van der Waals surface area contributed by atoms with Crippen LogP contribution >= 0.6 is 11.6 Å². The molecule has 4 rings (SSSR count). The van der Waals surface area contributed by atoms with Crippen LogP contribution in [-0.4, -0.2) is 54.2 Å². The lowest BCUT2D eigenvalue weighted by Crippen LogP contribution is -2.48. The molecule has 1 saturated heterocycles. The summed E-state index contributed by atoms with van der Waals surface area (Å²) >= 11 is 5.87. The zero-order chi connectivity index (χ0) is 23.6. The fourth-order valence-electron chi connectivity index (χ4n) is 3.49. The van der Waals surface area contributed by atoms with Crippen molar-refractivity contribution < 1.29 is 27.1 Å². The van der Waals surface area contributed by atoms with Crippen molar-refractivity contribution in [2.75, 3.05) is 13.1 Å². The smallest absolute Gasteiger partial charge is 0.338 e. The molecule has 0 amide bonds. The average Bonchev–Trinajstić information content (AvgIpc) is 3.26. The lowest BCUT2D eigenvalue weighted by Gasteiger charge is -2.34. The highest BCUT2D eigenvalue weighted by Gasteiger charge is 2.32. The second-order valence-electron chi connectivity index (χ2n) is 7.69. The van der Waals surface area contributed by atoms with E-state index in [1.54, 1.807) is 24.3 Å². The molecule has 33 heavy (non-hydrogen) atoms. The van der Waals surface area contributed by atoms with E-state index >= 15 is 0 Å². The molecule has 0 saturated carbocycles. The topological polar surface area (TPSA) is 112 Å². The number of sulfonamides is 1. The van der Waals surface area contributed by atoms with E-state index in [0.717, 1.165) is 0 Å². The Kier molecular flexibility index (Phi) is 6.80. The highest BCUT2D eigenvalue weighted by molar-refractivity contribution is 7.89. The minimum atomic E-state index is -3.79. The standard InChI is InChI=1S/C22H22ClN3O6S/c1-14-11-26(12-15(2)31-14)33(28,29)19-5-3-4-17(10-19)22(27)30-13-20-24-25-21(32-20)16-6-8-18(23)9-7-16/h3-10,14-15H,11-13H2,1-2H3. The van der Waals surface area contributed by atoms with Gasteiger partial charge in [-0.05, 0) is 56.3 Å². The first-order valence-electron chi connectivity index (χ1n) is 10.2. The van der Waals surface area contributed by atoms with Crippen LogP contribution in [0.3, 0.4) is 0 Å². The number of nitrogens with zero attached hydrogens (tertiary/aromatic N) is 3. The Morgan fingerprint density at radius 2 is 1.82 bits per heavy atom. The summed E-state index contributed by atoms with van der Waals surface area (Å²) in [7, 11) is -3.79. The molecule has 2 aromatic carbocycles. The van der Waals surface area contributed by atoms with E-state index in [0.29, 0.717) is 10.6 Å². The molecule has 2 unspecified atom stereocenters.